The van der Waals surface area contributed by atoms with E-state index in [2.05, 4.69) is 27.6 Å². The lowest BCUT2D eigenvalue weighted by atomic mass is 9.96. The molecule has 0 aliphatic heterocycles. The molecule has 5 nitrogen and oxygen atoms in total. The fourth-order valence-electron chi connectivity index (χ4n) is 2.88. The Bertz CT molecular complexity index is 839. The molecule has 3 aromatic rings. The Balaban J connectivity index is 1.43. The maximum atomic E-state index is 12.3. The predicted molar refractivity (Wildman–Crippen MR) is 89.4 cm³/mol. The van der Waals surface area contributed by atoms with Crippen LogP contribution in [0.2, 0.25) is 0 Å². The van der Waals surface area contributed by atoms with Crippen LogP contribution in [0, 0.1) is 0 Å². The number of nitrogens with one attached hydrogen (secondary N) is 1. The van der Waals surface area contributed by atoms with E-state index in [0.29, 0.717) is 12.3 Å². The van der Waals surface area contributed by atoms with Crippen LogP contribution < -0.4 is 5.32 Å². The number of hydrogen-bond acceptors (Lipinski definition) is 4. The summed E-state index contributed by atoms with van der Waals surface area (Å²) in [6, 6.07) is 15.6. The number of nitrogens with zero attached hydrogens (tertiary/aromatic N) is 2. The van der Waals surface area contributed by atoms with E-state index in [1.165, 1.54) is 5.56 Å². The Labute approximate surface area is 139 Å². The van der Waals surface area contributed by atoms with Gasteiger partial charge in [0.15, 0.2) is 11.5 Å². The highest BCUT2D eigenvalue weighted by atomic mass is 16.5. The summed E-state index contributed by atoms with van der Waals surface area (Å²) < 4.78 is 5.25. The number of hydrogen-bond donors (Lipinski definition) is 1. The summed E-state index contributed by atoms with van der Waals surface area (Å²) in [6.07, 6.45) is 5.55. The second-order valence-electron chi connectivity index (χ2n) is 6.15. The predicted octanol–water partition coefficient (Wildman–Crippen LogP) is 3.20. The van der Waals surface area contributed by atoms with Crippen LogP contribution in [0.1, 0.15) is 28.9 Å². The highest BCUT2D eigenvalue weighted by molar-refractivity contribution is 5.93. The average molecular weight is 319 g/mol. The fraction of sp³-hybridized carbons (Fsp3) is 0.211. The van der Waals surface area contributed by atoms with Crippen LogP contribution in [0.3, 0.4) is 0 Å². The highest BCUT2D eigenvalue weighted by Crippen LogP contribution is 2.47. The minimum atomic E-state index is -0.212. The molecule has 0 radical (unpaired) electrons. The molecule has 0 atom stereocenters. The number of aromatic nitrogens is 2. The summed E-state index contributed by atoms with van der Waals surface area (Å²) in [4.78, 5) is 16.4. The minimum Gasteiger partial charge on any atom is -0.355 e. The van der Waals surface area contributed by atoms with E-state index in [4.69, 9.17) is 4.52 Å². The van der Waals surface area contributed by atoms with Crippen LogP contribution in [0.15, 0.2) is 65.4 Å². The molecule has 120 valence electrons. The number of benzene rings is 1. The summed E-state index contributed by atoms with van der Waals surface area (Å²) in [5, 5.41) is 6.86. The summed E-state index contributed by atoms with van der Waals surface area (Å²) in [5.74, 6) is 0.327. The van der Waals surface area contributed by atoms with Gasteiger partial charge in [-0.1, -0.05) is 35.5 Å². The van der Waals surface area contributed by atoms with E-state index >= 15 is 0 Å². The lowest BCUT2D eigenvalue weighted by Crippen LogP contribution is -2.32. The molecule has 4 rings (SSSR count). The largest absolute Gasteiger partial charge is 0.355 e. The third kappa shape index (κ3) is 2.80. The maximum Gasteiger partial charge on any atom is 0.273 e. The second kappa shape index (κ2) is 5.92. The quantitative estimate of drug-likeness (QED) is 0.784. The van der Waals surface area contributed by atoms with Gasteiger partial charge in [-0.15, -0.1) is 0 Å². The van der Waals surface area contributed by atoms with Crippen molar-refractivity contribution < 1.29 is 9.32 Å². The Morgan fingerprint density at radius 2 is 2.00 bits per heavy atom. The maximum absolute atomic E-state index is 12.3. The first-order chi connectivity index (χ1) is 11.8. The molecule has 1 aliphatic carbocycles. The molecule has 5 heteroatoms. The molecule has 2 heterocycles. The Morgan fingerprint density at radius 3 is 2.71 bits per heavy atom. The lowest BCUT2D eigenvalue weighted by Gasteiger charge is -2.15. The molecule has 1 saturated carbocycles. The van der Waals surface area contributed by atoms with Crippen molar-refractivity contribution in [1.29, 1.82) is 0 Å². The van der Waals surface area contributed by atoms with Crippen molar-refractivity contribution in [1.82, 2.24) is 15.5 Å². The summed E-state index contributed by atoms with van der Waals surface area (Å²) in [6.45, 7) is 0.616. The van der Waals surface area contributed by atoms with Gasteiger partial charge in [0.1, 0.15) is 0 Å². The van der Waals surface area contributed by atoms with E-state index in [-0.39, 0.29) is 17.0 Å². The Kier molecular flexibility index (Phi) is 3.61. The van der Waals surface area contributed by atoms with Gasteiger partial charge in [0.2, 0.25) is 0 Å². The van der Waals surface area contributed by atoms with Crippen molar-refractivity contribution in [3.8, 4) is 11.3 Å². The average Bonchev–Trinajstić information content (AvgIpc) is 3.28. The summed E-state index contributed by atoms with van der Waals surface area (Å²) in [5.41, 5.74) is 2.44. The zero-order valence-electron chi connectivity index (χ0n) is 13.1. The van der Waals surface area contributed by atoms with Gasteiger partial charge in [-0.25, -0.2) is 0 Å². The Morgan fingerprint density at radius 1 is 1.17 bits per heavy atom. The zero-order chi connectivity index (χ0) is 16.4. The van der Waals surface area contributed by atoms with Gasteiger partial charge in [-0.3, -0.25) is 9.78 Å². The van der Waals surface area contributed by atoms with Gasteiger partial charge >= 0.3 is 0 Å². The van der Waals surface area contributed by atoms with E-state index in [0.717, 1.165) is 18.4 Å². The number of rotatable bonds is 5. The number of carbonyl (C=O) groups is 1. The SMILES string of the molecule is O=C(NCC1(c2ccccc2)CC1)c1cc(-c2cccnc2)on1. The van der Waals surface area contributed by atoms with Gasteiger partial charge < -0.3 is 9.84 Å². The molecule has 0 saturated heterocycles. The van der Waals surface area contributed by atoms with Gasteiger partial charge in [-0.2, -0.15) is 0 Å². The van der Waals surface area contributed by atoms with Crippen molar-refractivity contribution in [2.45, 2.75) is 18.3 Å². The van der Waals surface area contributed by atoms with Crippen molar-refractivity contribution >= 4 is 5.91 Å². The van der Waals surface area contributed by atoms with Crippen molar-refractivity contribution in [2.75, 3.05) is 6.54 Å². The molecule has 0 bridgehead atoms. The van der Waals surface area contributed by atoms with Crippen LogP contribution >= 0.6 is 0 Å². The third-order valence-electron chi connectivity index (χ3n) is 4.52. The number of carbonyl (C=O) groups excluding carboxylic acids is 1. The Hall–Kier alpha value is -2.95. The topological polar surface area (TPSA) is 68.0 Å². The first-order valence-corrected chi connectivity index (χ1v) is 7.98. The standard InChI is InChI=1S/C19H17N3O2/c23-18(16-11-17(24-22-16)14-5-4-10-20-12-14)21-13-19(8-9-19)15-6-2-1-3-7-15/h1-7,10-12H,8-9,13H2,(H,21,23). The molecule has 1 fully saturated rings. The van der Waals surface area contributed by atoms with Crippen LogP contribution in [0.25, 0.3) is 11.3 Å². The fourth-order valence-corrected chi connectivity index (χ4v) is 2.88. The van der Waals surface area contributed by atoms with Crippen LogP contribution in [0.4, 0.5) is 0 Å². The molecule has 2 aromatic heterocycles. The van der Waals surface area contributed by atoms with Gasteiger partial charge in [-0.05, 0) is 30.5 Å². The smallest absolute Gasteiger partial charge is 0.273 e. The van der Waals surface area contributed by atoms with E-state index in [1.54, 1.807) is 18.5 Å². The van der Waals surface area contributed by atoms with Crippen LogP contribution in [-0.4, -0.2) is 22.6 Å². The van der Waals surface area contributed by atoms with Gasteiger partial charge in [0.25, 0.3) is 5.91 Å². The minimum absolute atomic E-state index is 0.0762. The van der Waals surface area contributed by atoms with Crippen molar-refractivity contribution in [3.63, 3.8) is 0 Å². The van der Waals surface area contributed by atoms with Gasteiger partial charge in [0, 0.05) is 36.0 Å². The molecular formula is C19H17N3O2. The third-order valence-corrected chi connectivity index (χ3v) is 4.52. The molecule has 0 unspecified atom stereocenters. The summed E-state index contributed by atoms with van der Waals surface area (Å²) in [7, 11) is 0. The number of amides is 1. The van der Waals surface area contributed by atoms with Crippen molar-refractivity contribution in [3.05, 3.63) is 72.2 Å². The van der Waals surface area contributed by atoms with Crippen molar-refractivity contribution in [2.24, 2.45) is 0 Å². The molecule has 1 N–H and O–H groups in total. The van der Waals surface area contributed by atoms with E-state index < -0.39 is 0 Å². The molecule has 1 amide bonds. The van der Waals surface area contributed by atoms with Crippen LogP contribution in [-0.2, 0) is 5.41 Å². The van der Waals surface area contributed by atoms with E-state index in [9.17, 15) is 4.79 Å². The molecule has 1 aliphatic rings. The number of pyridine rings is 1. The normalized spacial score (nSPS) is 15.0. The van der Waals surface area contributed by atoms with Gasteiger partial charge in [0.05, 0.1) is 0 Å². The zero-order valence-corrected chi connectivity index (χ0v) is 13.1. The van der Waals surface area contributed by atoms with Crippen LogP contribution in [0.5, 0.6) is 0 Å². The second-order valence-corrected chi connectivity index (χ2v) is 6.15. The first-order valence-electron chi connectivity index (χ1n) is 7.98. The molecule has 1 aromatic carbocycles. The first kappa shape index (κ1) is 14.6. The summed E-state index contributed by atoms with van der Waals surface area (Å²) >= 11 is 0. The molecule has 0 spiro atoms. The molecule has 24 heavy (non-hydrogen) atoms. The molecular weight excluding hydrogens is 302 g/mol. The van der Waals surface area contributed by atoms with E-state index in [1.807, 2.05) is 30.3 Å². The monoisotopic (exact) mass is 319 g/mol. The lowest BCUT2D eigenvalue weighted by molar-refractivity contribution is 0.0940. The highest BCUT2D eigenvalue weighted by Gasteiger charge is 2.44.